The summed E-state index contributed by atoms with van der Waals surface area (Å²) in [7, 11) is 0. The summed E-state index contributed by atoms with van der Waals surface area (Å²) in [5.41, 5.74) is 14.3. The van der Waals surface area contributed by atoms with Crippen molar-refractivity contribution in [2.75, 3.05) is 0 Å². The Morgan fingerprint density at radius 2 is 0.702 bits per heavy atom. The predicted molar refractivity (Wildman–Crippen MR) is 233 cm³/mol. The highest BCUT2D eigenvalue weighted by Crippen LogP contribution is 2.65. The van der Waals surface area contributed by atoms with Crippen molar-refractivity contribution < 1.29 is 9.47 Å². The normalized spacial score (nSPS) is 13.7. The van der Waals surface area contributed by atoms with E-state index in [0.717, 1.165) is 23.0 Å². The molecule has 1 aliphatic heterocycles. The summed E-state index contributed by atoms with van der Waals surface area (Å²) in [5.74, 6) is 2.95. The Morgan fingerprint density at radius 3 is 1.35 bits per heavy atom. The van der Waals surface area contributed by atoms with Crippen molar-refractivity contribution in [3.8, 4) is 67.5 Å². The number of hydrogen-bond donors (Lipinski definition) is 0. The van der Waals surface area contributed by atoms with E-state index in [9.17, 15) is 0 Å². The maximum absolute atomic E-state index is 6.57. The number of fused-ring (bicyclic) bond motifs is 18. The van der Waals surface area contributed by atoms with Crippen LogP contribution in [0.3, 0.4) is 0 Å². The second kappa shape index (κ2) is 11.3. The largest absolute Gasteiger partial charge is 0.450 e. The molecule has 0 radical (unpaired) electrons. The Balaban J connectivity index is 1.01. The lowest BCUT2D eigenvalue weighted by Gasteiger charge is -2.31. The fraction of sp³-hybridized carbons (Fsp3) is 0.0182. The minimum Gasteiger partial charge on any atom is -0.450 e. The summed E-state index contributed by atoms with van der Waals surface area (Å²) < 4.78 is 13.1. The molecule has 0 atom stereocenters. The van der Waals surface area contributed by atoms with Gasteiger partial charge < -0.3 is 9.47 Å². The third-order valence-electron chi connectivity index (χ3n) is 12.7. The van der Waals surface area contributed by atoms with E-state index in [1.165, 1.54) is 99.1 Å². The molecule has 0 amide bonds. The summed E-state index contributed by atoms with van der Waals surface area (Å²) in [5, 5.41) is 7.72. The van der Waals surface area contributed by atoms with Crippen LogP contribution in [0.5, 0.6) is 23.0 Å². The van der Waals surface area contributed by atoms with Crippen molar-refractivity contribution in [3.63, 3.8) is 0 Å². The fourth-order valence-electron chi connectivity index (χ4n) is 10.3. The third kappa shape index (κ3) is 4.14. The number of benzene rings is 10. The average Bonchev–Trinajstić information content (AvgIpc) is 3.74. The SMILES string of the molecule is c1cc(-c2ccc3c(c2)C2(c4ccccc4-c4ccccc42)c2cc4c(cc2-3)Oc2ccccc2O4)cc(-c2ccc3c4ccccc4c4ccccc4c3c2)c1. The predicted octanol–water partition coefficient (Wildman–Crippen LogP) is 14.7. The molecule has 0 bridgehead atoms. The van der Waals surface area contributed by atoms with Gasteiger partial charge >= 0.3 is 0 Å². The zero-order chi connectivity index (χ0) is 37.2. The van der Waals surface area contributed by atoms with Crippen LogP contribution >= 0.6 is 0 Å². The van der Waals surface area contributed by atoms with E-state index in [4.69, 9.17) is 9.47 Å². The van der Waals surface area contributed by atoms with Crippen LogP contribution < -0.4 is 9.47 Å². The maximum atomic E-state index is 6.57. The Morgan fingerprint density at radius 1 is 0.246 bits per heavy atom. The van der Waals surface area contributed by atoms with Crippen molar-refractivity contribution in [1.29, 1.82) is 0 Å². The maximum Gasteiger partial charge on any atom is 0.170 e. The topological polar surface area (TPSA) is 18.5 Å². The van der Waals surface area contributed by atoms with E-state index < -0.39 is 5.41 Å². The van der Waals surface area contributed by atoms with Gasteiger partial charge in [0.25, 0.3) is 0 Å². The lowest BCUT2D eigenvalue weighted by Crippen LogP contribution is -2.26. The minimum atomic E-state index is -0.525. The van der Waals surface area contributed by atoms with E-state index >= 15 is 0 Å². The highest BCUT2D eigenvalue weighted by atomic mass is 16.6. The molecule has 2 aliphatic carbocycles. The van der Waals surface area contributed by atoms with Crippen LogP contribution in [0, 0.1) is 0 Å². The number of hydrogen-bond acceptors (Lipinski definition) is 2. The molecule has 0 saturated carbocycles. The number of para-hydroxylation sites is 2. The Labute approximate surface area is 329 Å². The van der Waals surface area contributed by atoms with E-state index in [-0.39, 0.29) is 0 Å². The van der Waals surface area contributed by atoms with E-state index in [1.807, 2.05) is 24.3 Å². The van der Waals surface area contributed by atoms with Crippen molar-refractivity contribution >= 4 is 32.3 Å². The summed E-state index contributed by atoms with van der Waals surface area (Å²) >= 11 is 0. The van der Waals surface area contributed by atoms with Gasteiger partial charge in [0.1, 0.15) is 0 Å². The molecule has 2 nitrogen and oxygen atoms in total. The van der Waals surface area contributed by atoms with E-state index in [0.29, 0.717) is 0 Å². The molecular formula is C55H32O2. The molecule has 3 aliphatic rings. The second-order valence-corrected chi connectivity index (χ2v) is 15.5. The summed E-state index contributed by atoms with van der Waals surface area (Å²) in [6.45, 7) is 0. The van der Waals surface area contributed by atoms with Gasteiger partial charge in [0, 0.05) is 0 Å². The molecule has 10 aromatic carbocycles. The first kappa shape index (κ1) is 30.9. The van der Waals surface area contributed by atoms with Gasteiger partial charge in [0.2, 0.25) is 0 Å². The fourth-order valence-corrected chi connectivity index (χ4v) is 10.3. The summed E-state index contributed by atoms with van der Waals surface area (Å²) in [6, 6.07) is 70.9. The quantitative estimate of drug-likeness (QED) is 0.165. The molecule has 10 aromatic rings. The van der Waals surface area contributed by atoms with Crippen LogP contribution in [0.4, 0.5) is 0 Å². The minimum absolute atomic E-state index is 0.525. The van der Waals surface area contributed by atoms with E-state index in [2.05, 4.69) is 170 Å². The Bertz CT molecular complexity index is 3290. The van der Waals surface area contributed by atoms with Crippen LogP contribution in [0.25, 0.3) is 76.8 Å². The van der Waals surface area contributed by atoms with Gasteiger partial charge in [-0.25, -0.2) is 0 Å². The molecular weight excluding hydrogens is 693 g/mol. The lowest BCUT2D eigenvalue weighted by atomic mass is 9.70. The van der Waals surface area contributed by atoms with Gasteiger partial charge in [-0.2, -0.15) is 0 Å². The van der Waals surface area contributed by atoms with Crippen molar-refractivity contribution in [2.24, 2.45) is 0 Å². The van der Waals surface area contributed by atoms with Crippen LogP contribution in [-0.4, -0.2) is 0 Å². The molecule has 0 N–H and O–H groups in total. The van der Waals surface area contributed by atoms with Gasteiger partial charge in [-0.05, 0) is 142 Å². The zero-order valence-electron chi connectivity index (χ0n) is 30.8. The van der Waals surface area contributed by atoms with Crippen LogP contribution in [0.1, 0.15) is 22.3 Å². The molecule has 1 heterocycles. The third-order valence-corrected chi connectivity index (χ3v) is 12.7. The van der Waals surface area contributed by atoms with Crippen molar-refractivity contribution in [2.45, 2.75) is 5.41 Å². The number of rotatable bonds is 2. The zero-order valence-corrected chi connectivity index (χ0v) is 30.8. The highest BCUT2D eigenvalue weighted by Gasteiger charge is 2.52. The first-order valence-corrected chi connectivity index (χ1v) is 19.7. The van der Waals surface area contributed by atoms with Gasteiger partial charge in [-0.15, -0.1) is 0 Å². The molecule has 1 spiro atoms. The van der Waals surface area contributed by atoms with Crippen LogP contribution in [-0.2, 0) is 5.41 Å². The van der Waals surface area contributed by atoms with Crippen molar-refractivity contribution in [1.82, 2.24) is 0 Å². The highest BCUT2D eigenvalue weighted by molar-refractivity contribution is 6.25. The number of ether oxygens (including phenoxy) is 2. The van der Waals surface area contributed by atoms with Crippen LogP contribution in [0.15, 0.2) is 194 Å². The Hall–Kier alpha value is -7.42. The molecule has 0 unspecified atom stereocenters. The van der Waals surface area contributed by atoms with Gasteiger partial charge in [-0.3, -0.25) is 0 Å². The van der Waals surface area contributed by atoms with Gasteiger partial charge in [0.05, 0.1) is 5.41 Å². The van der Waals surface area contributed by atoms with Gasteiger partial charge in [-0.1, -0.05) is 152 Å². The molecule has 0 fully saturated rings. The first-order chi connectivity index (χ1) is 28.2. The average molecular weight is 725 g/mol. The van der Waals surface area contributed by atoms with Crippen LogP contribution in [0.2, 0.25) is 0 Å². The smallest absolute Gasteiger partial charge is 0.170 e. The van der Waals surface area contributed by atoms with Crippen molar-refractivity contribution in [3.05, 3.63) is 216 Å². The summed E-state index contributed by atoms with van der Waals surface area (Å²) in [6.07, 6.45) is 0. The second-order valence-electron chi connectivity index (χ2n) is 15.5. The Kier molecular flexibility index (Phi) is 6.13. The monoisotopic (exact) mass is 724 g/mol. The first-order valence-electron chi connectivity index (χ1n) is 19.7. The summed E-state index contributed by atoms with van der Waals surface area (Å²) in [4.78, 5) is 0. The lowest BCUT2D eigenvalue weighted by molar-refractivity contribution is 0.359. The molecule has 57 heavy (non-hydrogen) atoms. The molecule has 264 valence electrons. The van der Waals surface area contributed by atoms with Gasteiger partial charge in [0.15, 0.2) is 23.0 Å². The molecule has 0 aromatic heterocycles. The molecule has 13 rings (SSSR count). The standard InChI is InChI=1S/C55H32O2/c1-2-16-39-37(14-1)38-15-3-4-17-40(38)45-29-35(24-26-41(39)45)33-12-11-13-34(28-33)36-25-27-44-46-31-53-54(57-52-23-10-9-22-51(52)56-53)32-50(46)55(49(44)30-36)47-20-7-5-18-42(47)43-19-6-8-21-48(43)55/h1-32H. The molecule has 2 heteroatoms. The van der Waals surface area contributed by atoms with E-state index in [1.54, 1.807) is 0 Å². The molecule has 0 saturated heterocycles.